The maximum Gasteiger partial charge on any atom is 0.416 e. The highest BCUT2D eigenvalue weighted by Crippen LogP contribution is 2.65. The number of amides is 3. The van der Waals surface area contributed by atoms with Crippen LogP contribution in [0.25, 0.3) is 0 Å². The van der Waals surface area contributed by atoms with Crippen molar-refractivity contribution < 1.29 is 45.1 Å². The molecule has 1 saturated carbocycles. The van der Waals surface area contributed by atoms with Crippen LogP contribution in [0.3, 0.4) is 0 Å². The normalized spacial score (nSPS) is 17.5. The average molecular weight is 657 g/mol. The molecule has 1 unspecified atom stereocenters. The van der Waals surface area contributed by atoms with Crippen LogP contribution in [-0.4, -0.2) is 28.5 Å². The summed E-state index contributed by atoms with van der Waals surface area (Å²) >= 11 is 18.5. The van der Waals surface area contributed by atoms with E-state index in [1.54, 1.807) is 0 Å². The van der Waals surface area contributed by atoms with Gasteiger partial charge < -0.3 is 16.0 Å². The maximum absolute atomic E-state index is 14.7. The number of rotatable bonds is 7. The first-order valence-electron chi connectivity index (χ1n) is 11.6. The topological polar surface area (TPSA) is 87.3 Å². The highest BCUT2D eigenvalue weighted by Gasteiger charge is 2.67. The number of benzene rings is 3. The number of alkyl halides is 7. The summed E-state index contributed by atoms with van der Waals surface area (Å²) in [4.78, 5) is 37.0. The van der Waals surface area contributed by atoms with Gasteiger partial charge >= 0.3 is 12.6 Å². The van der Waals surface area contributed by atoms with Gasteiger partial charge in [-0.3, -0.25) is 14.4 Å². The van der Waals surface area contributed by atoms with Crippen molar-refractivity contribution in [3.8, 4) is 0 Å². The van der Waals surface area contributed by atoms with E-state index in [1.165, 1.54) is 23.5 Å². The monoisotopic (exact) mass is 655 g/mol. The molecule has 42 heavy (non-hydrogen) atoms. The molecule has 3 N–H and O–H groups in total. The van der Waals surface area contributed by atoms with Gasteiger partial charge in [-0.2, -0.15) is 22.0 Å². The van der Waals surface area contributed by atoms with Crippen molar-refractivity contribution in [2.24, 2.45) is 5.92 Å². The fourth-order valence-corrected chi connectivity index (χ4v) is 5.14. The quantitative estimate of drug-likeness (QED) is 0.181. The standard InChI is InChI=1S/C26H15Cl3F7N3O3/c27-14-5-4-12(37-23(41)18-17(25(18,28)29)10-2-1-3-11(8-10)26(34,35)36)9-13(14)22(40)38-16-7-6-15(30)20(19(16)31)39-24(42)21(32)33/h1-9,17-18,21H,(H,37,41)(H,38,40)(H,39,42)/t17?,18-/m1/s1. The molecule has 2 atom stereocenters. The summed E-state index contributed by atoms with van der Waals surface area (Å²) < 4.78 is 91.4. The Morgan fingerprint density at radius 3 is 2.24 bits per heavy atom. The first-order chi connectivity index (χ1) is 19.5. The van der Waals surface area contributed by atoms with E-state index < -0.39 is 75.1 Å². The van der Waals surface area contributed by atoms with Crippen molar-refractivity contribution in [1.29, 1.82) is 0 Å². The van der Waals surface area contributed by atoms with Crippen LogP contribution in [0.4, 0.5) is 47.8 Å². The van der Waals surface area contributed by atoms with Gasteiger partial charge in [0.2, 0.25) is 5.91 Å². The second-order valence-electron chi connectivity index (χ2n) is 8.96. The van der Waals surface area contributed by atoms with Crippen molar-refractivity contribution in [3.05, 3.63) is 87.9 Å². The number of hydrogen-bond acceptors (Lipinski definition) is 3. The lowest BCUT2D eigenvalue weighted by molar-refractivity contribution is -0.137. The Morgan fingerprint density at radius 1 is 0.905 bits per heavy atom. The molecule has 222 valence electrons. The van der Waals surface area contributed by atoms with Gasteiger partial charge in [0.05, 0.1) is 27.8 Å². The zero-order chi connectivity index (χ0) is 31.1. The predicted molar refractivity (Wildman–Crippen MR) is 141 cm³/mol. The van der Waals surface area contributed by atoms with Gasteiger partial charge in [0.25, 0.3) is 11.8 Å². The van der Waals surface area contributed by atoms with Crippen molar-refractivity contribution in [2.75, 3.05) is 16.0 Å². The Bertz CT molecular complexity index is 1580. The largest absolute Gasteiger partial charge is 0.416 e. The van der Waals surface area contributed by atoms with Gasteiger partial charge in [0.1, 0.15) is 15.8 Å². The van der Waals surface area contributed by atoms with Crippen molar-refractivity contribution in [1.82, 2.24) is 0 Å². The van der Waals surface area contributed by atoms with Gasteiger partial charge in [0, 0.05) is 11.6 Å². The fraction of sp³-hybridized carbons (Fsp3) is 0.192. The summed E-state index contributed by atoms with van der Waals surface area (Å²) in [6, 6.07) is 9.09. The number of carbonyl (C=O) groups is 3. The third kappa shape index (κ3) is 6.42. The van der Waals surface area contributed by atoms with Crippen LogP contribution < -0.4 is 16.0 Å². The zero-order valence-corrected chi connectivity index (χ0v) is 22.7. The fourth-order valence-electron chi connectivity index (χ4n) is 4.10. The Hall–Kier alpha value is -3.55. The molecule has 1 fully saturated rings. The van der Waals surface area contributed by atoms with E-state index in [-0.39, 0.29) is 21.8 Å². The Balaban J connectivity index is 1.52. The molecule has 4 rings (SSSR count). The molecule has 0 spiro atoms. The van der Waals surface area contributed by atoms with E-state index in [1.807, 2.05) is 0 Å². The van der Waals surface area contributed by atoms with Crippen LogP contribution in [0.5, 0.6) is 0 Å². The minimum absolute atomic E-state index is 0.0298. The van der Waals surface area contributed by atoms with Crippen molar-refractivity contribution >= 4 is 69.6 Å². The predicted octanol–water partition coefficient (Wildman–Crippen LogP) is 7.62. The third-order valence-electron chi connectivity index (χ3n) is 6.17. The lowest BCUT2D eigenvalue weighted by Gasteiger charge is -2.13. The molecule has 0 aliphatic heterocycles. The number of anilines is 3. The Kier molecular flexibility index (Phi) is 8.68. The minimum atomic E-state index is -4.64. The summed E-state index contributed by atoms with van der Waals surface area (Å²) in [7, 11) is 0. The Morgan fingerprint density at radius 2 is 1.60 bits per heavy atom. The van der Waals surface area contributed by atoms with Crippen LogP contribution in [0.1, 0.15) is 27.4 Å². The highest BCUT2D eigenvalue weighted by molar-refractivity contribution is 6.53. The summed E-state index contributed by atoms with van der Waals surface area (Å²) in [6.45, 7) is 0. The molecule has 6 nitrogen and oxygen atoms in total. The van der Waals surface area contributed by atoms with Crippen LogP contribution in [-0.2, 0) is 15.8 Å². The van der Waals surface area contributed by atoms with Gasteiger partial charge in [-0.25, -0.2) is 8.78 Å². The first-order valence-corrected chi connectivity index (χ1v) is 12.7. The molecule has 1 aliphatic rings. The second kappa shape index (κ2) is 11.6. The molecule has 0 aromatic heterocycles. The third-order valence-corrected chi connectivity index (χ3v) is 7.44. The van der Waals surface area contributed by atoms with E-state index in [9.17, 15) is 45.1 Å². The number of carbonyl (C=O) groups excluding carboxylic acids is 3. The van der Waals surface area contributed by atoms with Crippen LogP contribution in [0, 0.1) is 17.6 Å². The van der Waals surface area contributed by atoms with Gasteiger partial charge in [0.15, 0.2) is 5.82 Å². The van der Waals surface area contributed by atoms with Gasteiger partial charge in [-0.1, -0.05) is 29.8 Å². The molecule has 0 heterocycles. The summed E-state index contributed by atoms with van der Waals surface area (Å²) in [5.41, 5.74) is -3.16. The molecular weight excluding hydrogens is 642 g/mol. The zero-order valence-electron chi connectivity index (χ0n) is 20.4. The van der Waals surface area contributed by atoms with E-state index in [2.05, 4.69) is 10.6 Å². The van der Waals surface area contributed by atoms with Crippen LogP contribution in [0.15, 0.2) is 54.6 Å². The van der Waals surface area contributed by atoms with E-state index in [4.69, 9.17) is 34.8 Å². The second-order valence-corrected chi connectivity index (χ2v) is 10.8. The molecular formula is C26H15Cl3F7N3O3. The minimum Gasteiger partial charge on any atom is -0.326 e. The number of hydrogen-bond donors (Lipinski definition) is 3. The lowest BCUT2D eigenvalue weighted by atomic mass is 10.1. The molecule has 0 saturated heterocycles. The van der Waals surface area contributed by atoms with Crippen molar-refractivity contribution in [3.63, 3.8) is 0 Å². The summed E-state index contributed by atoms with van der Waals surface area (Å²) in [6.07, 6.45) is -8.21. The molecule has 0 radical (unpaired) electrons. The summed E-state index contributed by atoms with van der Waals surface area (Å²) in [5, 5.41) is 5.70. The molecule has 3 aromatic carbocycles. The smallest absolute Gasteiger partial charge is 0.326 e. The maximum atomic E-state index is 14.7. The number of halogens is 10. The van der Waals surface area contributed by atoms with E-state index in [0.717, 1.165) is 30.3 Å². The highest BCUT2D eigenvalue weighted by atomic mass is 35.5. The van der Waals surface area contributed by atoms with Crippen LogP contribution in [0.2, 0.25) is 5.02 Å². The number of nitrogens with one attached hydrogen (secondary N) is 3. The van der Waals surface area contributed by atoms with Crippen molar-refractivity contribution in [2.45, 2.75) is 22.9 Å². The lowest BCUT2D eigenvalue weighted by Crippen LogP contribution is -2.22. The molecule has 16 heteroatoms. The van der Waals surface area contributed by atoms with E-state index in [0.29, 0.717) is 6.07 Å². The Labute approximate surface area is 247 Å². The molecule has 3 amide bonds. The SMILES string of the molecule is O=C(Nc1ccc(F)c(NC(=O)C(F)F)c1F)c1cc(NC(=O)[C@H]2C(c3cccc(C(F)(F)F)c3)C2(Cl)Cl)ccc1Cl. The van der Waals surface area contributed by atoms with E-state index >= 15 is 0 Å². The van der Waals surface area contributed by atoms with Gasteiger partial charge in [-0.15, -0.1) is 23.2 Å². The van der Waals surface area contributed by atoms with Gasteiger partial charge in [-0.05, 0) is 42.0 Å². The molecule has 0 bridgehead atoms. The molecule has 1 aliphatic carbocycles. The summed E-state index contributed by atoms with van der Waals surface area (Å²) in [5.74, 6) is -8.96. The molecule has 3 aromatic rings. The van der Waals surface area contributed by atoms with Crippen LogP contribution >= 0.6 is 34.8 Å². The average Bonchev–Trinajstić information content (AvgIpc) is 3.50. The first kappa shape index (κ1) is 31.4.